The molecule has 1 aromatic heterocycles. The first-order valence-corrected chi connectivity index (χ1v) is 8.09. The lowest BCUT2D eigenvalue weighted by Crippen LogP contribution is -2.13. The predicted molar refractivity (Wildman–Crippen MR) is 96.9 cm³/mol. The highest BCUT2D eigenvalue weighted by Crippen LogP contribution is 2.17. The number of hydrogen-bond donors (Lipinski definition) is 2. The van der Waals surface area contributed by atoms with Crippen molar-refractivity contribution in [1.29, 1.82) is 0 Å². The molecule has 0 saturated heterocycles. The number of ether oxygens (including phenoxy) is 1. The fourth-order valence-corrected chi connectivity index (χ4v) is 2.50. The lowest BCUT2D eigenvalue weighted by atomic mass is 10.2. The summed E-state index contributed by atoms with van der Waals surface area (Å²) in [6.07, 6.45) is 2.31. The van der Waals surface area contributed by atoms with E-state index in [0.29, 0.717) is 36.0 Å². The Morgan fingerprint density at radius 3 is 2.92 bits per heavy atom. The summed E-state index contributed by atoms with van der Waals surface area (Å²) < 4.78 is 5.68. The van der Waals surface area contributed by atoms with Crippen LogP contribution in [0.25, 0.3) is 10.9 Å². The number of fused-ring (bicyclic) bond motifs is 1. The van der Waals surface area contributed by atoms with Crippen LogP contribution in [-0.2, 0) is 4.79 Å². The maximum Gasteiger partial charge on any atom is 0.258 e. The van der Waals surface area contributed by atoms with Crippen LogP contribution in [0.2, 0.25) is 0 Å². The van der Waals surface area contributed by atoms with Gasteiger partial charge in [0.1, 0.15) is 5.75 Å². The third-order valence-electron chi connectivity index (χ3n) is 3.82. The maximum absolute atomic E-state index is 12.0. The lowest BCUT2D eigenvalue weighted by molar-refractivity contribution is -0.116. The molecule has 128 valence electrons. The molecule has 3 rings (SSSR count). The van der Waals surface area contributed by atoms with E-state index in [2.05, 4.69) is 15.3 Å². The van der Waals surface area contributed by atoms with E-state index < -0.39 is 0 Å². The number of anilines is 1. The Labute approximate surface area is 144 Å². The Hall–Kier alpha value is -3.15. The highest BCUT2D eigenvalue weighted by Gasteiger charge is 2.06. The van der Waals surface area contributed by atoms with Crippen LogP contribution >= 0.6 is 0 Å². The fourth-order valence-electron chi connectivity index (χ4n) is 2.50. The number of rotatable bonds is 6. The Bertz CT molecular complexity index is 950. The zero-order chi connectivity index (χ0) is 17.6. The van der Waals surface area contributed by atoms with E-state index in [1.807, 2.05) is 31.2 Å². The third-order valence-corrected chi connectivity index (χ3v) is 3.82. The number of aromatic amines is 1. The fraction of sp³-hybridized carbons (Fsp3) is 0.211. The minimum Gasteiger partial charge on any atom is -0.493 e. The summed E-state index contributed by atoms with van der Waals surface area (Å²) in [6.45, 7) is 2.46. The number of H-pyrrole nitrogens is 1. The molecule has 0 unspecified atom stereocenters. The van der Waals surface area contributed by atoms with Crippen LogP contribution in [0.15, 0.2) is 53.6 Å². The monoisotopic (exact) mass is 337 g/mol. The maximum atomic E-state index is 12.0. The van der Waals surface area contributed by atoms with Crippen LogP contribution in [-0.4, -0.2) is 22.5 Å². The van der Waals surface area contributed by atoms with Gasteiger partial charge in [-0.2, -0.15) is 0 Å². The van der Waals surface area contributed by atoms with Gasteiger partial charge in [-0.05, 0) is 43.2 Å². The number of benzene rings is 2. The third kappa shape index (κ3) is 4.23. The van der Waals surface area contributed by atoms with E-state index in [1.54, 1.807) is 18.2 Å². The standard InChI is InChI=1S/C19H19N3O3/c1-13-5-2-3-6-17(13)25-10-4-7-18(23)22-14-8-9-16-15(11-14)19(24)21-12-20-16/h2-3,5-6,8-9,11-12H,4,7,10H2,1H3,(H,22,23)(H,20,21,24). The van der Waals surface area contributed by atoms with Gasteiger partial charge in [0.15, 0.2) is 0 Å². The number of nitrogens with zero attached hydrogens (tertiary/aromatic N) is 1. The number of carbonyl (C=O) groups is 1. The lowest BCUT2D eigenvalue weighted by Gasteiger charge is -2.09. The second-order valence-electron chi connectivity index (χ2n) is 5.73. The molecule has 0 aliphatic carbocycles. The molecule has 6 nitrogen and oxygen atoms in total. The van der Waals surface area contributed by atoms with E-state index in [1.165, 1.54) is 6.33 Å². The number of aromatic nitrogens is 2. The summed E-state index contributed by atoms with van der Waals surface area (Å²) >= 11 is 0. The van der Waals surface area contributed by atoms with E-state index in [4.69, 9.17) is 4.74 Å². The molecule has 6 heteroatoms. The highest BCUT2D eigenvalue weighted by atomic mass is 16.5. The van der Waals surface area contributed by atoms with Gasteiger partial charge in [0, 0.05) is 12.1 Å². The van der Waals surface area contributed by atoms with Crippen LogP contribution in [0.4, 0.5) is 5.69 Å². The molecule has 0 atom stereocenters. The zero-order valence-corrected chi connectivity index (χ0v) is 13.9. The van der Waals surface area contributed by atoms with Crippen molar-refractivity contribution in [2.75, 3.05) is 11.9 Å². The Balaban J connectivity index is 1.52. The van der Waals surface area contributed by atoms with Gasteiger partial charge in [-0.3, -0.25) is 9.59 Å². The summed E-state index contributed by atoms with van der Waals surface area (Å²) in [4.78, 5) is 30.4. The number of nitrogens with one attached hydrogen (secondary N) is 2. The number of aryl methyl sites for hydroxylation is 1. The predicted octanol–water partition coefficient (Wildman–Crippen LogP) is 3.03. The van der Waals surface area contributed by atoms with Gasteiger partial charge in [0.25, 0.3) is 5.56 Å². The van der Waals surface area contributed by atoms with Crippen LogP contribution in [0, 0.1) is 6.92 Å². The summed E-state index contributed by atoms with van der Waals surface area (Å²) in [5, 5.41) is 3.24. The molecule has 0 fully saturated rings. The Kier molecular flexibility index (Phi) is 5.09. The largest absolute Gasteiger partial charge is 0.493 e. The van der Waals surface area contributed by atoms with Crippen LogP contribution in [0.1, 0.15) is 18.4 Å². The molecule has 2 aromatic carbocycles. The number of para-hydroxylation sites is 1. The van der Waals surface area contributed by atoms with Crippen LogP contribution in [0.5, 0.6) is 5.75 Å². The molecule has 0 radical (unpaired) electrons. The van der Waals surface area contributed by atoms with Crippen molar-refractivity contribution in [3.8, 4) is 5.75 Å². The second-order valence-corrected chi connectivity index (χ2v) is 5.73. The molecular formula is C19H19N3O3. The summed E-state index contributed by atoms with van der Waals surface area (Å²) in [7, 11) is 0. The quantitative estimate of drug-likeness (QED) is 0.677. The van der Waals surface area contributed by atoms with Gasteiger partial charge in [-0.1, -0.05) is 18.2 Å². The van der Waals surface area contributed by atoms with E-state index >= 15 is 0 Å². The SMILES string of the molecule is Cc1ccccc1OCCCC(=O)Nc1ccc2nc[nH]c(=O)c2c1. The zero-order valence-electron chi connectivity index (χ0n) is 13.9. The molecule has 0 saturated carbocycles. The molecule has 1 heterocycles. The molecular weight excluding hydrogens is 318 g/mol. The van der Waals surface area contributed by atoms with Crippen molar-refractivity contribution in [2.24, 2.45) is 0 Å². The van der Waals surface area contributed by atoms with Crippen molar-refractivity contribution in [3.63, 3.8) is 0 Å². The van der Waals surface area contributed by atoms with Crippen molar-refractivity contribution >= 4 is 22.5 Å². The van der Waals surface area contributed by atoms with Gasteiger partial charge in [0.05, 0.1) is 23.8 Å². The summed E-state index contributed by atoms with van der Waals surface area (Å²) in [5.41, 5.74) is 2.01. The summed E-state index contributed by atoms with van der Waals surface area (Å²) in [6, 6.07) is 12.8. The molecule has 2 N–H and O–H groups in total. The summed E-state index contributed by atoms with van der Waals surface area (Å²) in [5.74, 6) is 0.720. The number of hydrogen-bond acceptors (Lipinski definition) is 4. The van der Waals surface area contributed by atoms with Crippen molar-refractivity contribution in [1.82, 2.24) is 9.97 Å². The topological polar surface area (TPSA) is 84.1 Å². The average Bonchev–Trinajstić information content (AvgIpc) is 2.61. The molecule has 0 aliphatic heterocycles. The van der Waals surface area contributed by atoms with Gasteiger partial charge >= 0.3 is 0 Å². The molecule has 3 aromatic rings. The molecule has 0 bridgehead atoms. The smallest absolute Gasteiger partial charge is 0.258 e. The van der Waals surface area contributed by atoms with E-state index in [0.717, 1.165) is 11.3 Å². The Morgan fingerprint density at radius 1 is 1.24 bits per heavy atom. The average molecular weight is 337 g/mol. The highest BCUT2D eigenvalue weighted by molar-refractivity contribution is 5.93. The van der Waals surface area contributed by atoms with E-state index in [-0.39, 0.29) is 11.5 Å². The van der Waals surface area contributed by atoms with Gasteiger partial charge in [-0.15, -0.1) is 0 Å². The first-order chi connectivity index (χ1) is 12.1. The van der Waals surface area contributed by atoms with Crippen molar-refractivity contribution in [2.45, 2.75) is 19.8 Å². The Morgan fingerprint density at radius 2 is 2.08 bits per heavy atom. The first kappa shape index (κ1) is 16.7. The van der Waals surface area contributed by atoms with Crippen molar-refractivity contribution < 1.29 is 9.53 Å². The number of amides is 1. The molecule has 0 aliphatic rings. The van der Waals surface area contributed by atoms with Crippen LogP contribution < -0.4 is 15.6 Å². The minimum absolute atomic E-state index is 0.118. The normalized spacial score (nSPS) is 10.6. The first-order valence-electron chi connectivity index (χ1n) is 8.09. The second kappa shape index (κ2) is 7.61. The van der Waals surface area contributed by atoms with Crippen LogP contribution in [0.3, 0.4) is 0 Å². The van der Waals surface area contributed by atoms with Gasteiger partial charge < -0.3 is 15.0 Å². The minimum atomic E-state index is -0.229. The molecule has 25 heavy (non-hydrogen) atoms. The van der Waals surface area contributed by atoms with E-state index in [9.17, 15) is 9.59 Å². The molecule has 0 spiro atoms. The van der Waals surface area contributed by atoms with Gasteiger partial charge in [-0.25, -0.2) is 4.98 Å². The van der Waals surface area contributed by atoms with Gasteiger partial charge in [0.2, 0.25) is 5.91 Å². The van der Waals surface area contributed by atoms with Crippen molar-refractivity contribution in [3.05, 3.63) is 64.7 Å². The molecule has 1 amide bonds. The number of carbonyl (C=O) groups excluding carboxylic acids is 1.